The quantitative estimate of drug-likeness (QED) is 0.680. The van der Waals surface area contributed by atoms with Crippen LogP contribution in [-0.2, 0) is 9.59 Å². The van der Waals surface area contributed by atoms with Crippen molar-refractivity contribution in [3.63, 3.8) is 0 Å². The fraction of sp³-hybridized carbons (Fsp3) is 0.778. The number of aliphatic carboxylic acids is 1. The number of rotatable bonds is 8. The highest BCUT2D eigenvalue weighted by molar-refractivity contribution is 7.99. The van der Waals surface area contributed by atoms with E-state index in [0.29, 0.717) is 25.0 Å². The van der Waals surface area contributed by atoms with Crippen molar-refractivity contribution < 1.29 is 27.9 Å². The summed E-state index contributed by atoms with van der Waals surface area (Å²) in [4.78, 5) is 20.5. The minimum absolute atomic E-state index is 0.0755. The molecule has 0 aromatic heterocycles. The van der Waals surface area contributed by atoms with E-state index in [9.17, 15) is 22.8 Å². The Morgan fingerprint density at radius 3 is 2.25 bits per heavy atom. The van der Waals surface area contributed by atoms with E-state index in [0.717, 1.165) is 11.8 Å². The molecule has 0 aromatic carbocycles. The molecule has 0 aliphatic heterocycles. The van der Waals surface area contributed by atoms with Gasteiger partial charge >= 0.3 is 12.1 Å². The van der Waals surface area contributed by atoms with Crippen LogP contribution in [0.15, 0.2) is 0 Å². The van der Waals surface area contributed by atoms with Crippen molar-refractivity contribution in [1.82, 2.24) is 0 Å². The molecule has 0 heterocycles. The van der Waals surface area contributed by atoms with Crippen LogP contribution in [0.4, 0.5) is 13.2 Å². The summed E-state index contributed by atoms with van der Waals surface area (Å²) in [5.41, 5.74) is 0. The van der Waals surface area contributed by atoms with Gasteiger partial charge in [0.1, 0.15) is 0 Å². The third-order valence-corrected chi connectivity index (χ3v) is 2.77. The molecule has 7 heteroatoms. The fourth-order valence-corrected chi connectivity index (χ4v) is 1.81. The molecule has 0 amide bonds. The van der Waals surface area contributed by atoms with E-state index in [1.54, 1.807) is 0 Å². The van der Waals surface area contributed by atoms with E-state index in [1.165, 1.54) is 0 Å². The number of carbonyl (C=O) groups excluding carboxylic acids is 1. The maximum atomic E-state index is 11.7. The van der Waals surface area contributed by atoms with Gasteiger partial charge in [0.2, 0.25) is 5.78 Å². The molecular weight excluding hydrogens is 245 g/mol. The second-order valence-corrected chi connectivity index (χ2v) is 4.28. The van der Waals surface area contributed by atoms with Gasteiger partial charge in [-0.2, -0.15) is 24.9 Å². The van der Waals surface area contributed by atoms with Crippen LogP contribution < -0.4 is 0 Å². The van der Waals surface area contributed by atoms with Gasteiger partial charge in [0.05, 0.1) is 5.75 Å². The van der Waals surface area contributed by atoms with Gasteiger partial charge in [-0.1, -0.05) is 6.42 Å². The van der Waals surface area contributed by atoms with E-state index in [2.05, 4.69) is 0 Å². The van der Waals surface area contributed by atoms with E-state index >= 15 is 0 Å². The predicted octanol–water partition coefficient (Wildman–Crippen LogP) is 2.50. The Kier molecular flexibility index (Phi) is 7.20. The molecule has 94 valence electrons. The number of halogens is 3. The summed E-state index contributed by atoms with van der Waals surface area (Å²) in [5, 5.41) is 8.30. The number of ketones is 1. The smallest absolute Gasteiger partial charge is 0.450 e. The highest BCUT2D eigenvalue weighted by atomic mass is 32.2. The number of carboxylic acids is 1. The molecule has 0 atom stereocenters. The van der Waals surface area contributed by atoms with Crippen LogP contribution in [0.3, 0.4) is 0 Å². The summed E-state index contributed by atoms with van der Waals surface area (Å²) < 4.78 is 35.2. The van der Waals surface area contributed by atoms with Crippen molar-refractivity contribution in [3.8, 4) is 0 Å². The lowest BCUT2D eigenvalue weighted by molar-refractivity contribution is -0.167. The van der Waals surface area contributed by atoms with E-state index in [-0.39, 0.29) is 6.42 Å². The number of alkyl halides is 3. The molecule has 0 spiro atoms. The van der Waals surface area contributed by atoms with Crippen molar-refractivity contribution >= 4 is 23.5 Å². The molecule has 0 saturated heterocycles. The van der Waals surface area contributed by atoms with Gasteiger partial charge in [0.25, 0.3) is 0 Å². The average Bonchev–Trinajstić information content (AvgIpc) is 2.14. The minimum atomic E-state index is -4.74. The molecule has 0 fully saturated rings. The Labute approximate surface area is 95.4 Å². The first-order valence-electron chi connectivity index (χ1n) is 4.73. The molecule has 0 saturated carbocycles. The van der Waals surface area contributed by atoms with Crippen molar-refractivity contribution in [2.24, 2.45) is 0 Å². The van der Waals surface area contributed by atoms with Gasteiger partial charge in [0, 0.05) is 6.42 Å². The van der Waals surface area contributed by atoms with Gasteiger partial charge in [-0.25, -0.2) is 0 Å². The fourth-order valence-electron chi connectivity index (χ4n) is 0.904. The largest absolute Gasteiger partial charge is 0.481 e. The van der Waals surface area contributed by atoms with Crippen LogP contribution in [0.25, 0.3) is 0 Å². The monoisotopic (exact) mass is 258 g/mol. The summed E-state index contributed by atoms with van der Waals surface area (Å²) in [6.07, 6.45) is -2.87. The van der Waals surface area contributed by atoms with Crippen molar-refractivity contribution in [3.05, 3.63) is 0 Å². The topological polar surface area (TPSA) is 54.4 Å². The highest BCUT2D eigenvalue weighted by Crippen LogP contribution is 2.19. The average molecular weight is 258 g/mol. The summed E-state index contributed by atoms with van der Waals surface area (Å²) >= 11 is 0.930. The van der Waals surface area contributed by atoms with Crippen LogP contribution in [0.1, 0.15) is 25.7 Å². The Morgan fingerprint density at radius 2 is 1.75 bits per heavy atom. The lowest BCUT2D eigenvalue weighted by atomic mass is 10.2. The maximum Gasteiger partial charge on any atom is 0.450 e. The van der Waals surface area contributed by atoms with Gasteiger partial charge in [-0.05, 0) is 18.6 Å². The van der Waals surface area contributed by atoms with Crippen LogP contribution in [0.5, 0.6) is 0 Å². The number of Topliss-reactive ketones (excluding diaryl/α,β-unsaturated/α-hetero) is 1. The lowest BCUT2D eigenvalue weighted by Crippen LogP contribution is -2.24. The summed E-state index contributed by atoms with van der Waals surface area (Å²) in [7, 11) is 0. The Balaban J connectivity index is 3.34. The molecule has 3 nitrogen and oxygen atoms in total. The molecule has 0 aliphatic rings. The van der Waals surface area contributed by atoms with Crippen LogP contribution in [-0.4, -0.2) is 34.5 Å². The summed E-state index contributed by atoms with van der Waals surface area (Å²) in [6.45, 7) is 0. The second kappa shape index (κ2) is 7.54. The van der Waals surface area contributed by atoms with E-state index in [4.69, 9.17) is 5.11 Å². The maximum absolute atomic E-state index is 11.7. The molecule has 0 bridgehead atoms. The third-order valence-electron chi connectivity index (χ3n) is 1.73. The minimum Gasteiger partial charge on any atom is -0.481 e. The lowest BCUT2D eigenvalue weighted by Gasteiger charge is -2.04. The first-order valence-corrected chi connectivity index (χ1v) is 5.89. The molecule has 0 aromatic rings. The van der Waals surface area contributed by atoms with Crippen molar-refractivity contribution in [2.75, 3.05) is 11.5 Å². The normalized spacial score (nSPS) is 11.4. The zero-order chi connectivity index (χ0) is 12.6. The molecule has 0 radical (unpaired) electrons. The number of carbonyl (C=O) groups is 2. The second-order valence-electron chi connectivity index (χ2n) is 3.18. The number of hydrogen-bond donors (Lipinski definition) is 1. The summed E-state index contributed by atoms with van der Waals surface area (Å²) in [6, 6.07) is 0. The number of thioether (sulfide) groups is 1. The molecule has 0 unspecified atom stereocenters. The zero-order valence-electron chi connectivity index (χ0n) is 8.55. The Morgan fingerprint density at radius 1 is 1.12 bits per heavy atom. The van der Waals surface area contributed by atoms with Gasteiger partial charge < -0.3 is 5.11 Å². The summed E-state index contributed by atoms with van der Waals surface area (Å²) in [5.74, 6) is -2.70. The molecule has 0 aliphatic carbocycles. The van der Waals surface area contributed by atoms with Gasteiger partial charge in [-0.15, -0.1) is 0 Å². The molecule has 0 rings (SSSR count). The first-order chi connectivity index (χ1) is 7.34. The van der Waals surface area contributed by atoms with Gasteiger partial charge in [-0.3, -0.25) is 9.59 Å². The standard InChI is InChI=1S/C9H13F3O3S/c10-9(11,12)7(13)6-16-5-3-1-2-4-8(14)15/h1-6H2,(H,14,15). The zero-order valence-corrected chi connectivity index (χ0v) is 9.36. The van der Waals surface area contributed by atoms with E-state index < -0.39 is 23.7 Å². The molecular formula is C9H13F3O3S. The van der Waals surface area contributed by atoms with Gasteiger partial charge in [0.15, 0.2) is 0 Å². The number of unbranched alkanes of at least 4 members (excludes halogenated alkanes) is 2. The Bertz CT molecular complexity index is 241. The Hall–Kier alpha value is -0.720. The van der Waals surface area contributed by atoms with Crippen molar-refractivity contribution in [1.29, 1.82) is 0 Å². The van der Waals surface area contributed by atoms with Crippen LogP contribution in [0.2, 0.25) is 0 Å². The predicted molar refractivity (Wildman–Crippen MR) is 54.5 cm³/mol. The number of carboxylic acid groups (broad SMARTS) is 1. The SMILES string of the molecule is O=C(O)CCCCCSCC(=O)C(F)(F)F. The molecule has 1 N–H and O–H groups in total. The third kappa shape index (κ3) is 8.58. The van der Waals surface area contributed by atoms with Crippen LogP contribution in [0, 0.1) is 0 Å². The number of hydrogen-bond acceptors (Lipinski definition) is 3. The molecule has 16 heavy (non-hydrogen) atoms. The first kappa shape index (κ1) is 15.3. The van der Waals surface area contributed by atoms with E-state index in [1.807, 2.05) is 0 Å². The highest BCUT2D eigenvalue weighted by Gasteiger charge is 2.37. The van der Waals surface area contributed by atoms with Crippen LogP contribution >= 0.6 is 11.8 Å². The van der Waals surface area contributed by atoms with Crippen molar-refractivity contribution in [2.45, 2.75) is 31.9 Å².